The van der Waals surface area contributed by atoms with Crippen LogP contribution in [0.3, 0.4) is 0 Å². The molecule has 0 amide bonds. The number of aliphatic carboxylic acids is 1. The average molecular weight is 220 g/mol. The Labute approximate surface area is 90.6 Å². The first-order chi connectivity index (χ1) is 7.59. The van der Waals surface area contributed by atoms with Crippen molar-refractivity contribution >= 4 is 17.5 Å². The minimum atomic E-state index is -1.32. The van der Waals surface area contributed by atoms with Crippen LogP contribution in [0.5, 0.6) is 5.75 Å². The number of aromatic hydroxyl groups is 1. The van der Waals surface area contributed by atoms with E-state index in [1.54, 1.807) is 12.1 Å². The molecule has 0 aliphatic carbocycles. The summed E-state index contributed by atoms with van der Waals surface area (Å²) in [6, 6.07) is 6.03. The third kappa shape index (κ3) is 1.63. The third-order valence-corrected chi connectivity index (χ3v) is 2.26. The molecule has 0 saturated carbocycles. The summed E-state index contributed by atoms with van der Waals surface area (Å²) in [4.78, 5) is 22.0. The number of esters is 1. The van der Waals surface area contributed by atoms with E-state index in [-0.39, 0.29) is 23.5 Å². The van der Waals surface area contributed by atoms with Crippen molar-refractivity contribution in [3.63, 3.8) is 0 Å². The van der Waals surface area contributed by atoms with Crippen LogP contribution in [0.25, 0.3) is 5.57 Å². The molecule has 1 aromatic rings. The van der Waals surface area contributed by atoms with Crippen LogP contribution in [0.4, 0.5) is 0 Å². The molecule has 0 aromatic heterocycles. The van der Waals surface area contributed by atoms with Gasteiger partial charge in [0.05, 0.1) is 0 Å². The maximum atomic E-state index is 11.2. The maximum absolute atomic E-state index is 11.2. The van der Waals surface area contributed by atoms with Crippen molar-refractivity contribution in [2.75, 3.05) is 6.61 Å². The van der Waals surface area contributed by atoms with E-state index in [9.17, 15) is 14.7 Å². The van der Waals surface area contributed by atoms with Gasteiger partial charge in [-0.2, -0.15) is 0 Å². The van der Waals surface area contributed by atoms with E-state index in [1.807, 2.05) is 0 Å². The molecule has 1 heterocycles. The van der Waals surface area contributed by atoms with Crippen molar-refractivity contribution < 1.29 is 24.5 Å². The fraction of sp³-hybridized carbons (Fsp3) is 0.0909. The van der Waals surface area contributed by atoms with Gasteiger partial charge in [-0.25, -0.2) is 9.59 Å². The number of carbonyl (C=O) groups excluding carboxylic acids is 1. The van der Waals surface area contributed by atoms with Gasteiger partial charge in [-0.15, -0.1) is 0 Å². The van der Waals surface area contributed by atoms with E-state index in [4.69, 9.17) is 5.11 Å². The Bertz CT molecular complexity index is 501. The zero-order valence-electron chi connectivity index (χ0n) is 8.14. The fourth-order valence-corrected chi connectivity index (χ4v) is 1.54. The van der Waals surface area contributed by atoms with Crippen LogP contribution < -0.4 is 0 Å². The van der Waals surface area contributed by atoms with E-state index in [0.717, 1.165) is 0 Å². The number of carboxylic acid groups (broad SMARTS) is 1. The fourth-order valence-electron chi connectivity index (χ4n) is 1.54. The molecule has 0 bridgehead atoms. The van der Waals surface area contributed by atoms with Crippen molar-refractivity contribution in [3.05, 3.63) is 35.4 Å². The molecule has 1 aliphatic rings. The Hall–Kier alpha value is -2.30. The van der Waals surface area contributed by atoms with Gasteiger partial charge >= 0.3 is 11.9 Å². The molecule has 0 radical (unpaired) electrons. The Morgan fingerprint density at radius 1 is 1.38 bits per heavy atom. The lowest BCUT2D eigenvalue weighted by atomic mass is 10.0. The number of benzene rings is 1. The van der Waals surface area contributed by atoms with Gasteiger partial charge in [0.2, 0.25) is 0 Å². The smallest absolute Gasteiger partial charge is 0.346 e. The van der Waals surface area contributed by atoms with Crippen LogP contribution in [0, 0.1) is 0 Å². The molecule has 2 N–H and O–H groups in total. The van der Waals surface area contributed by atoms with E-state index in [2.05, 4.69) is 4.74 Å². The van der Waals surface area contributed by atoms with Crippen LogP contribution in [-0.2, 0) is 14.3 Å². The highest BCUT2D eigenvalue weighted by Crippen LogP contribution is 2.27. The highest BCUT2D eigenvalue weighted by Gasteiger charge is 2.31. The summed E-state index contributed by atoms with van der Waals surface area (Å²) in [6.45, 7) is -0.0794. The van der Waals surface area contributed by atoms with Crippen LogP contribution in [0.2, 0.25) is 0 Å². The molecule has 0 atom stereocenters. The minimum Gasteiger partial charge on any atom is -0.508 e. The number of cyclic esters (lactones) is 1. The quantitative estimate of drug-likeness (QED) is 0.568. The number of phenols is 1. The van der Waals surface area contributed by atoms with Crippen molar-refractivity contribution in [2.24, 2.45) is 0 Å². The molecule has 0 spiro atoms. The molecule has 0 fully saturated rings. The molecule has 16 heavy (non-hydrogen) atoms. The van der Waals surface area contributed by atoms with Gasteiger partial charge in [-0.05, 0) is 17.7 Å². The van der Waals surface area contributed by atoms with Gasteiger partial charge in [0.25, 0.3) is 0 Å². The lowest BCUT2D eigenvalue weighted by Gasteiger charge is -2.01. The van der Waals surface area contributed by atoms with Gasteiger partial charge in [0, 0.05) is 5.57 Å². The van der Waals surface area contributed by atoms with E-state index < -0.39 is 11.9 Å². The summed E-state index contributed by atoms with van der Waals surface area (Å²) in [5.41, 5.74) is 0.391. The largest absolute Gasteiger partial charge is 0.508 e. The molecule has 5 nitrogen and oxygen atoms in total. The molecular formula is C11H8O5. The van der Waals surface area contributed by atoms with Crippen LogP contribution >= 0.6 is 0 Å². The summed E-state index contributed by atoms with van der Waals surface area (Å²) in [5, 5.41) is 18.1. The van der Waals surface area contributed by atoms with Crippen LogP contribution in [-0.4, -0.2) is 28.8 Å². The highest BCUT2D eigenvalue weighted by atomic mass is 16.5. The molecular weight excluding hydrogens is 212 g/mol. The van der Waals surface area contributed by atoms with Gasteiger partial charge < -0.3 is 14.9 Å². The van der Waals surface area contributed by atoms with Gasteiger partial charge in [0.1, 0.15) is 12.4 Å². The molecule has 1 aliphatic heterocycles. The van der Waals surface area contributed by atoms with Crippen LogP contribution in [0.15, 0.2) is 29.8 Å². The molecule has 1 aromatic carbocycles. The van der Waals surface area contributed by atoms with Gasteiger partial charge in [0.15, 0.2) is 5.57 Å². The Balaban J connectivity index is 2.54. The highest BCUT2D eigenvalue weighted by molar-refractivity contribution is 6.21. The summed E-state index contributed by atoms with van der Waals surface area (Å²) < 4.78 is 4.66. The van der Waals surface area contributed by atoms with E-state index >= 15 is 0 Å². The van der Waals surface area contributed by atoms with Gasteiger partial charge in [-0.3, -0.25) is 0 Å². The van der Waals surface area contributed by atoms with Gasteiger partial charge in [-0.1, -0.05) is 12.1 Å². The number of phenolic OH excluding ortho intramolecular Hbond substituents is 1. The molecule has 82 valence electrons. The predicted octanol–water partition coefficient (Wildman–Crippen LogP) is 0.787. The number of hydrogen-bond donors (Lipinski definition) is 2. The summed E-state index contributed by atoms with van der Waals surface area (Å²) in [5.74, 6) is -2.15. The second kappa shape index (κ2) is 3.69. The van der Waals surface area contributed by atoms with Crippen molar-refractivity contribution in [2.45, 2.75) is 0 Å². The number of hydrogen-bond acceptors (Lipinski definition) is 4. The minimum absolute atomic E-state index is 0.00841. The number of carbonyl (C=O) groups is 2. The number of ether oxygens (including phenoxy) is 1. The van der Waals surface area contributed by atoms with E-state index in [1.165, 1.54) is 12.1 Å². The molecule has 5 heteroatoms. The lowest BCUT2D eigenvalue weighted by Crippen LogP contribution is -2.09. The third-order valence-electron chi connectivity index (χ3n) is 2.26. The monoisotopic (exact) mass is 220 g/mol. The second-order valence-corrected chi connectivity index (χ2v) is 3.29. The van der Waals surface area contributed by atoms with E-state index in [0.29, 0.717) is 5.56 Å². The van der Waals surface area contributed by atoms with Crippen molar-refractivity contribution in [1.82, 2.24) is 0 Å². The Morgan fingerprint density at radius 2 is 2.12 bits per heavy atom. The topological polar surface area (TPSA) is 83.8 Å². The average Bonchev–Trinajstić information content (AvgIpc) is 2.60. The standard InChI is InChI=1S/C11H8O5/c12-7-3-1-2-6(4-7)8-5-16-11(15)9(8)10(13)14/h1-4,12H,5H2,(H,13,14). The first-order valence-corrected chi connectivity index (χ1v) is 4.52. The predicted molar refractivity (Wildman–Crippen MR) is 53.6 cm³/mol. The van der Waals surface area contributed by atoms with Crippen LogP contribution in [0.1, 0.15) is 5.56 Å². The molecule has 0 saturated heterocycles. The van der Waals surface area contributed by atoms with Crippen molar-refractivity contribution in [3.8, 4) is 5.75 Å². The maximum Gasteiger partial charge on any atom is 0.346 e. The molecule has 2 rings (SSSR count). The lowest BCUT2D eigenvalue weighted by molar-refractivity contribution is -0.141. The number of carboxylic acids is 1. The zero-order chi connectivity index (χ0) is 11.7. The SMILES string of the molecule is O=C(O)C1=C(c2cccc(O)c2)COC1=O. The summed E-state index contributed by atoms with van der Waals surface area (Å²) >= 11 is 0. The summed E-state index contributed by atoms with van der Waals surface area (Å²) in [6.07, 6.45) is 0. The normalized spacial score (nSPS) is 15.1. The first kappa shape index (κ1) is 10.2. The number of rotatable bonds is 2. The molecule has 0 unspecified atom stereocenters. The first-order valence-electron chi connectivity index (χ1n) is 4.52. The Morgan fingerprint density at radius 3 is 2.75 bits per heavy atom. The summed E-state index contributed by atoms with van der Waals surface area (Å²) in [7, 11) is 0. The van der Waals surface area contributed by atoms with Crippen molar-refractivity contribution in [1.29, 1.82) is 0 Å². The second-order valence-electron chi connectivity index (χ2n) is 3.29. The zero-order valence-corrected chi connectivity index (χ0v) is 8.14. The Kier molecular flexibility index (Phi) is 2.36.